The Kier molecular flexibility index (Phi) is 6.31. The molecule has 2 atom stereocenters. The first-order chi connectivity index (χ1) is 5.26. The molecule has 0 radical (unpaired) electrons. The molecule has 4 heteroatoms. The summed E-state index contributed by atoms with van der Waals surface area (Å²) in [6, 6.07) is 0. The second-order valence-corrected chi connectivity index (χ2v) is 2.14. The molecule has 0 aromatic carbocycles. The Morgan fingerprint density at radius 2 is 2.00 bits per heavy atom. The first-order valence-corrected chi connectivity index (χ1v) is 3.63. The number of hydrogen-bond donors (Lipinski definition) is 0. The summed E-state index contributed by atoms with van der Waals surface area (Å²) in [5.74, 6) is 0. The van der Waals surface area contributed by atoms with Crippen LogP contribution in [0.25, 0.3) is 0 Å². The number of hydrogen-bond acceptors (Lipinski definition) is 1. The molecule has 0 aliphatic carbocycles. The van der Waals surface area contributed by atoms with E-state index in [1.165, 1.54) is 0 Å². The quantitative estimate of drug-likeness (QED) is 0.592. The molecule has 0 aliphatic rings. The van der Waals surface area contributed by atoms with E-state index >= 15 is 0 Å². The van der Waals surface area contributed by atoms with Gasteiger partial charge in [0.05, 0.1) is 12.8 Å². The monoisotopic (exact) mass is 170 g/mol. The maximum atomic E-state index is 12.5. The zero-order valence-electron chi connectivity index (χ0n) is 6.53. The Morgan fingerprint density at radius 1 is 1.36 bits per heavy atom. The Hall–Kier alpha value is -0.250. The maximum absolute atomic E-state index is 12.5. The molecule has 0 amide bonds. The summed E-state index contributed by atoms with van der Waals surface area (Å²) in [6.45, 7) is 0.164. The van der Waals surface area contributed by atoms with Crippen LogP contribution in [0.15, 0.2) is 0 Å². The lowest BCUT2D eigenvalue weighted by atomic mass is 10.2. The molecular formula is C7H13F3O. The summed E-state index contributed by atoms with van der Waals surface area (Å²) in [5.41, 5.74) is 0. The summed E-state index contributed by atoms with van der Waals surface area (Å²) in [6.07, 6.45) is -2.68. The lowest BCUT2D eigenvalue weighted by Crippen LogP contribution is -2.27. The Bertz CT molecular complexity index is 83.8. The predicted octanol–water partition coefficient (Wildman–Crippen LogP) is 2.06. The number of halogens is 3. The third kappa shape index (κ3) is 4.24. The highest BCUT2D eigenvalue weighted by molar-refractivity contribution is 4.68. The lowest BCUT2D eigenvalue weighted by molar-refractivity contribution is -0.0118. The van der Waals surface area contributed by atoms with E-state index in [1.807, 2.05) is 0 Å². The van der Waals surface area contributed by atoms with Crippen LogP contribution in [0.4, 0.5) is 13.2 Å². The van der Waals surface area contributed by atoms with Crippen molar-refractivity contribution in [3.05, 3.63) is 0 Å². The van der Waals surface area contributed by atoms with E-state index in [2.05, 4.69) is 0 Å². The Labute approximate surface area is 64.5 Å². The molecule has 0 saturated carbocycles. The molecular weight excluding hydrogens is 157 g/mol. The van der Waals surface area contributed by atoms with Gasteiger partial charge >= 0.3 is 0 Å². The van der Waals surface area contributed by atoms with Crippen molar-refractivity contribution in [1.29, 1.82) is 0 Å². The number of alkyl halides is 3. The van der Waals surface area contributed by atoms with Gasteiger partial charge in [0.15, 0.2) is 6.17 Å². The zero-order valence-corrected chi connectivity index (χ0v) is 6.53. The second kappa shape index (κ2) is 6.46. The van der Waals surface area contributed by atoms with Gasteiger partial charge in [0.1, 0.15) is 6.67 Å². The fourth-order valence-corrected chi connectivity index (χ4v) is 0.790. The molecule has 0 fully saturated rings. The molecule has 0 aliphatic heterocycles. The van der Waals surface area contributed by atoms with Gasteiger partial charge in [-0.25, -0.2) is 8.78 Å². The SMILES string of the molecule is CCOC(CCF)C(F)CF. The topological polar surface area (TPSA) is 9.23 Å². The summed E-state index contributed by atoms with van der Waals surface area (Å²) in [5, 5.41) is 0. The molecule has 11 heavy (non-hydrogen) atoms. The van der Waals surface area contributed by atoms with Crippen molar-refractivity contribution in [3.63, 3.8) is 0 Å². The van der Waals surface area contributed by atoms with Crippen LogP contribution >= 0.6 is 0 Å². The Morgan fingerprint density at radius 3 is 2.36 bits per heavy atom. The minimum absolute atomic E-state index is 0.0705. The molecule has 0 saturated heterocycles. The highest BCUT2D eigenvalue weighted by Gasteiger charge is 2.20. The maximum Gasteiger partial charge on any atom is 0.154 e. The number of rotatable bonds is 6. The van der Waals surface area contributed by atoms with Crippen LogP contribution in [-0.4, -0.2) is 32.2 Å². The van der Waals surface area contributed by atoms with Crippen molar-refractivity contribution in [2.45, 2.75) is 25.6 Å². The van der Waals surface area contributed by atoms with E-state index in [4.69, 9.17) is 4.74 Å². The molecule has 0 aromatic heterocycles. The fourth-order valence-electron chi connectivity index (χ4n) is 0.790. The van der Waals surface area contributed by atoms with Crippen molar-refractivity contribution in [1.82, 2.24) is 0 Å². The molecule has 0 N–H and O–H groups in total. The highest BCUT2D eigenvalue weighted by Crippen LogP contribution is 2.09. The molecule has 0 heterocycles. The van der Waals surface area contributed by atoms with E-state index < -0.39 is 25.6 Å². The van der Waals surface area contributed by atoms with Crippen molar-refractivity contribution < 1.29 is 17.9 Å². The van der Waals surface area contributed by atoms with Crippen LogP contribution in [0.5, 0.6) is 0 Å². The first-order valence-electron chi connectivity index (χ1n) is 3.63. The first kappa shape index (κ1) is 10.8. The van der Waals surface area contributed by atoms with Gasteiger partial charge in [0, 0.05) is 13.0 Å². The average Bonchev–Trinajstić information content (AvgIpc) is 2.03. The van der Waals surface area contributed by atoms with Crippen molar-refractivity contribution in [3.8, 4) is 0 Å². The Balaban J connectivity index is 3.66. The molecule has 0 rings (SSSR count). The fraction of sp³-hybridized carbons (Fsp3) is 1.00. The standard InChI is InChI=1S/C7H13F3O/c1-2-11-7(3-4-8)6(10)5-9/h6-7H,2-5H2,1H3. The van der Waals surface area contributed by atoms with E-state index in [1.54, 1.807) is 6.92 Å². The smallest absolute Gasteiger partial charge is 0.154 e. The van der Waals surface area contributed by atoms with Crippen molar-refractivity contribution >= 4 is 0 Å². The van der Waals surface area contributed by atoms with Crippen LogP contribution in [0.1, 0.15) is 13.3 Å². The normalized spacial score (nSPS) is 16.4. The van der Waals surface area contributed by atoms with Crippen molar-refractivity contribution in [2.75, 3.05) is 20.0 Å². The van der Waals surface area contributed by atoms with Crippen LogP contribution in [0.3, 0.4) is 0 Å². The summed E-state index contributed by atoms with van der Waals surface area (Å²) in [7, 11) is 0. The van der Waals surface area contributed by atoms with Crippen LogP contribution in [0, 0.1) is 0 Å². The van der Waals surface area contributed by atoms with Gasteiger partial charge in [-0.3, -0.25) is 4.39 Å². The zero-order chi connectivity index (χ0) is 8.69. The molecule has 0 spiro atoms. The molecule has 68 valence electrons. The van der Waals surface area contributed by atoms with E-state index in [0.29, 0.717) is 0 Å². The van der Waals surface area contributed by atoms with Crippen molar-refractivity contribution in [2.24, 2.45) is 0 Å². The van der Waals surface area contributed by atoms with Gasteiger partial charge in [0.2, 0.25) is 0 Å². The molecule has 0 bridgehead atoms. The molecule has 1 nitrogen and oxygen atoms in total. The minimum atomic E-state index is -1.69. The average molecular weight is 170 g/mol. The van der Waals surface area contributed by atoms with E-state index in [0.717, 1.165) is 0 Å². The van der Waals surface area contributed by atoms with Crippen LogP contribution < -0.4 is 0 Å². The van der Waals surface area contributed by atoms with Gasteiger partial charge in [-0.15, -0.1) is 0 Å². The van der Waals surface area contributed by atoms with Gasteiger partial charge in [-0.05, 0) is 6.92 Å². The third-order valence-electron chi connectivity index (χ3n) is 1.33. The van der Waals surface area contributed by atoms with E-state index in [9.17, 15) is 13.2 Å². The summed E-state index contributed by atoms with van der Waals surface area (Å²) in [4.78, 5) is 0. The van der Waals surface area contributed by atoms with E-state index in [-0.39, 0.29) is 13.0 Å². The largest absolute Gasteiger partial charge is 0.375 e. The van der Waals surface area contributed by atoms with Gasteiger partial charge in [0.25, 0.3) is 0 Å². The predicted molar refractivity (Wildman–Crippen MR) is 36.9 cm³/mol. The molecule has 0 aromatic rings. The van der Waals surface area contributed by atoms with Crippen LogP contribution in [0.2, 0.25) is 0 Å². The lowest BCUT2D eigenvalue weighted by Gasteiger charge is -2.16. The van der Waals surface area contributed by atoms with Gasteiger partial charge in [-0.2, -0.15) is 0 Å². The van der Waals surface area contributed by atoms with Crippen LogP contribution in [-0.2, 0) is 4.74 Å². The summed E-state index contributed by atoms with van der Waals surface area (Å²) >= 11 is 0. The third-order valence-corrected chi connectivity index (χ3v) is 1.33. The second-order valence-electron chi connectivity index (χ2n) is 2.14. The van der Waals surface area contributed by atoms with Gasteiger partial charge in [-0.1, -0.05) is 0 Å². The minimum Gasteiger partial charge on any atom is -0.375 e. The summed E-state index contributed by atoms with van der Waals surface area (Å²) < 4.78 is 40.7. The molecule has 2 unspecified atom stereocenters. The highest BCUT2D eigenvalue weighted by atomic mass is 19.2. The number of ether oxygens (including phenoxy) is 1. The van der Waals surface area contributed by atoms with Gasteiger partial charge < -0.3 is 4.74 Å².